The monoisotopic (exact) mass is 261 g/mol. The van der Waals surface area contributed by atoms with Gasteiger partial charge >= 0.3 is 0 Å². The van der Waals surface area contributed by atoms with Gasteiger partial charge in [-0.3, -0.25) is 4.90 Å². The number of benzene rings is 1. The fourth-order valence-electron chi connectivity index (χ4n) is 3.06. The molecule has 0 radical (unpaired) electrons. The maximum absolute atomic E-state index is 5.75. The van der Waals surface area contributed by atoms with Crippen molar-refractivity contribution >= 4 is 5.69 Å². The van der Waals surface area contributed by atoms with Crippen LogP contribution in [0.15, 0.2) is 18.2 Å². The summed E-state index contributed by atoms with van der Waals surface area (Å²) in [7, 11) is 0. The number of nitrogens with zero attached hydrogens (tertiary/aromatic N) is 2. The Kier molecular flexibility index (Phi) is 4.83. The highest BCUT2D eigenvalue weighted by Crippen LogP contribution is 2.25. The summed E-state index contributed by atoms with van der Waals surface area (Å²) in [6.07, 6.45) is 0.972. The van der Waals surface area contributed by atoms with Gasteiger partial charge in [0, 0.05) is 31.4 Å². The molecular formula is C16H27N3. The topological polar surface area (TPSA) is 32.5 Å². The molecule has 3 heteroatoms. The van der Waals surface area contributed by atoms with Crippen LogP contribution in [0.25, 0.3) is 0 Å². The number of likely N-dealkylation sites (N-methyl/N-ethyl adjacent to an activating group) is 1. The summed E-state index contributed by atoms with van der Waals surface area (Å²) in [4.78, 5) is 5.08. The van der Waals surface area contributed by atoms with Crippen molar-refractivity contribution in [2.75, 3.05) is 37.6 Å². The predicted octanol–water partition coefficient (Wildman–Crippen LogP) is 2.03. The highest BCUT2D eigenvalue weighted by Gasteiger charge is 2.23. The lowest BCUT2D eigenvalue weighted by Gasteiger charge is -2.41. The molecule has 1 atom stereocenters. The Morgan fingerprint density at radius 3 is 2.74 bits per heavy atom. The Morgan fingerprint density at radius 2 is 2.11 bits per heavy atom. The smallest absolute Gasteiger partial charge is 0.0400 e. The van der Waals surface area contributed by atoms with E-state index in [-0.39, 0.29) is 0 Å². The summed E-state index contributed by atoms with van der Waals surface area (Å²) in [6.45, 7) is 12.0. The highest BCUT2D eigenvalue weighted by atomic mass is 15.3. The first-order valence-corrected chi connectivity index (χ1v) is 7.44. The third-order valence-electron chi connectivity index (χ3n) is 4.16. The van der Waals surface area contributed by atoms with Gasteiger partial charge < -0.3 is 10.6 Å². The van der Waals surface area contributed by atoms with Crippen molar-refractivity contribution in [3.63, 3.8) is 0 Å². The standard InChI is InChI=1S/C16H27N3/c1-4-18-9-10-19(12-14(18)3)16-6-5-13(2)11-15(16)7-8-17/h5-6,11,14H,4,7-10,12,17H2,1-3H3. The first-order valence-electron chi connectivity index (χ1n) is 7.44. The summed E-state index contributed by atoms with van der Waals surface area (Å²) >= 11 is 0. The molecular weight excluding hydrogens is 234 g/mol. The van der Waals surface area contributed by atoms with Gasteiger partial charge in [0.25, 0.3) is 0 Å². The van der Waals surface area contributed by atoms with Gasteiger partial charge in [-0.25, -0.2) is 0 Å². The molecule has 2 rings (SSSR count). The number of nitrogens with two attached hydrogens (primary N) is 1. The second-order valence-corrected chi connectivity index (χ2v) is 5.59. The van der Waals surface area contributed by atoms with Crippen LogP contribution in [0.2, 0.25) is 0 Å². The summed E-state index contributed by atoms with van der Waals surface area (Å²) in [5.41, 5.74) is 9.87. The molecule has 1 heterocycles. The van der Waals surface area contributed by atoms with Gasteiger partial charge in [0.15, 0.2) is 0 Å². The largest absolute Gasteiger partial charge is 0.368 e. The SMILES string of the molecule is CCN1CCN(c2ccc(C)cc2CCN)CC1C. The molecule has 1 unspecified atom stereocenters. The van der Waals surface area contributed by atoms with E-state index in [1.165, 1.54) is 16.8 Å². The first-order chi connectivity index (χ1) is 9.15. The van der Waals surface area contributed by atoms with Crippen LogP contribution in [0, 0.1) is 6.92 Å². The van der Waals surface area contributed by atoms with Crippen LogP contribution in [-0.4, -0.2) is 43.7 Å². The first kappa shape index (κ1) is 14.4. The normalized spacial score (nSPS) is 20.8. The Labute approximate surface area is 117 Å². The second-order valence-electron chi connectivity index (χ2n) is 5.59. The molecule has 1 saturated heterocycles. The molecule has 0 saturated carbocycles. The number of aryl methyl sites for hydroxylation is 1. The maximum Gasteiger partial charge on any atom is 0.0400 e. The minimum atomic E-state index is 0.630. The van der Waals surface area contributed by atoms with Crippen LogP contribution in [0.5, 0.6) is 0 Å². The average molecular weight is 261 g/mol. The number of hydrogen-bond acceptors (Lipinski definition) is 3. The van der Waals surface area contributed by atoms with Gasteiger partial charge in [-0.1, -0.05) is 24.6 Å². The van der Waals surface area contributed by atoms with Crippen LogP contribution in [0.1, 0.15) is 25.0 Å². The molecule has 0 spiro atoms. The average Bonchev–Trinajstić information content (AvgIpc) is 2.39. The zero-order chi connectivity index (χ0) is 13.8. The summed E-state index contributed by atoms with van der Waals surface area (Å²) in [6, 6.07) is 7.41. The molecule has 0 bridgehead atoms. The molecule has 1 aliphatic heterocycles. The summed E-state index contributed by atoms with van der Waals surface area (Å²) in [5, 5.41) is 0. The van der Waals surface area contributed by atoms with Gasteiger partial charge in [-0.15, -0.1) is 0 Å². The Balaban J connectivity index is 2.18. The Morgan fingerprint density at radius 1 is 1.32 bits per heavy atom. The van der Waals surface area contributed by atoms with Crippen molar-refractivity contribution in [3.05, 3.63) is 29.3 Å². The van der Waals surface area contributed by atoms with Crippen LogP contribution < -0.4 is 10.6 Å². The second kappa shape index (κ2) is 6.40. The van der Waals surface area contributed by atoms with Crippen molar-refractivity contribution in [3.8, 4) is 0 Å². The third-order valence-corrected chi connectivity index (χ3v) is 4.16. The zero-order valence-corrected chi connectivity index (χ0v) is 12.5. The fraction of sp³-hybridized carbons (Fsp3) is 0.625. The van der Waals surface area contributed by atoms with Crippen molar-refractivity contribution < 1.29 is 0 Å². The summed E-state index contributed by atoms with van der Waals surface area (Å²) in [5.74, 6) is 0. The molecule has 1 aliphatic rings. The third kappa shape index (κ3) is 3.28. The van der Waals surface area contributed by atoms with E-state index in [0.29, 0.717) is 6.04 Å². The van der Waals surface area contributed by atoms with Crippen molar-refractivity contribution in [2.24, 2.45) is 5.73 Å². The molecule has 0 aromatic heterocycles. The quantitative estimate of drug-likeness (QED) is 0.900. The summed E-state index contributed by atoms with van der Waals surface area (Å²) < 4.78 is 0. The van der Waals surface area contributed by atoms with Gasteiger partial charge in [0.05, 0.1) is 0 Å². The predicted molar refractivity (Wildman–Crippen MR) is 82.9 cm³/mol. The molecule has 106 valence electrons. The lowest BCUT2D eigenvalue weighted by atomic mass is 10.0. The van der Waals surface area contributed by atoms with Gasteiger partial charge in [-0.2, -0.15) is 0 Å². The number of hydrogen-bond donors (Lipinski definition) is 1. The minimum Gasteiger partial charge on any atom is -0.368 e. The molecule has 3 nitrogen and oxygen atoms in total. The van der Waals surface area contributed by atoms with Gasteiger partial charge in [0.2, 0.25) is 0 Å². The van der Waals surface area contributed by atoms with Crippen LogP contribution in [0.4, 0.5) is 5.69 Å². The molecule has 1 aromatic rings. The van der Waals surface area contributed by atoms with Gasteiger partial charge in [0.1, 0.15) is 0 Å². The van der Waals surface area contributed by atoms with E-state index < -0.39 is 0 Å². The molecule has 19 heavy (non-hydrogen) atoms. The van der Waals surface area contributed by atoms with E-state index in [9.17, 15) is 0 Å². The molecule has 1 aromatic carbocycles. The fourth-order valence-corrected chi connectivity index (χ4v) is 3.06. The van der Waals surface area contributed by atoms with Crippen molar-refractivity contribution in [1.29, 1.82) is 0 Å². The molecule has 2 N–H and O–H groups in total. The molecule has 1 fully saturated rings. The minimum absolute atomic E-state index is 0.630. The number of anilines is 1. The van der Waals surface area contributed by atoms with Crippen molar-refractivity contribution in [1.82, 2.24) is 4.90 Å². The number of rotatable bonds is 4. The van der Waals surface area contributed by atoms with Crippen LogP contribution >= 0.6 is 0 Å². The Hall–Kier alpha value is -1.06. The van der Waals surface area contributed by atoms with E-state index in [2.05, 4.69) is 48.8 Å². The zero-order valence-electron chi connectivity index (χ0n) is 12.5. The molecule has 0 amide bonds. The van der Waals surface area contributed by atoms with Crippen molar-refractivity contribution in [2.45, 2.75) is 33.2 Å². The highest BCUT2D eigenvalue weighted by molar-refractivity contribution is 5.55. The van der Waals surface area contributed by atoms with E-state index >= 15 is 0 Å². The van der Waals surface area contributed by atoms with Crippen LogP contribution in [0.3, 0.4) is 0 Å². The lowest BCUT2D eigenvalue weighted by molar-refractivity contribution is 0.199. The van der Waals surface area contributed by atoms with E-state index in [1.54, 1.807) is 0 Å². The van der Waals surface area contributed by atoms with Crippen LogP contribution in [-0.2, 0) is 6.42 Å². The maximum atomic E-state index is 5.75. The lowest BCUT2D eigenvalue weighted by Crippen LogP contribution is -2.52. The number of piperazine rings is 1. The van der Waals surface area contributed by atoms with E-state index in [1.807, 2.05) is 0 Å². The Bertz CT molecular complexity index is 416. The molecule has 0 aliphatic carbocycles. The van der Waals surface area contributed by atoms with Gasteiger partial charge in [-0.05, 0) is 45.0 Å². The van der Waals surface area contributed by atoms with E-state index in [4.69, 9.17) is 5.73 Å². The van der Waals surface area contributed by atoms with E-state index in [0.717, 1.165) is 39.1 Å².